The molecule has 0 bridgehead atoms. The van der Waals surface area contributed by atoms with Gasteiger partial charge in [-0.05, 0) is 36.6 Å². The number of carboxylic acid groups (broad SMARTS) is 1. The molecule has 2 heterocycles. The topological polar surface area (TPSA) is 77.5 Å². The van der Waals surface area contributed by atoms with Crippen molar-refractivity contribution < 1.29 is 14.3 Å². The summed E-state index contributed by atoms with van der Waals surface area (Å²) in [6, 6.07) is 6.12. The maximum absolute atomic E-state index is 13.8. The van der Waals surface area contributed by atoms with Crippen LogP contribution in [0.25, 0.3) is 0 Å². The molecule has 7 heteroatoms. The van der Waals surface area contributed by atoms with E-state index in [-0.39, 0.29) is 11.4 Å². The van der Waals surface area contributed by atoms with E-state index >= 15 is 0 Å². The van der Waals surface area contributed by atoms with Gasteiger partial charge in [-0.15, -0.1) is 0 Å². The Bertz CT molecular complexity index is 810. The number of nitrogens with zero attached hydrogens (tertiary/aromatic N) is 2. The molecule has 1 saturated carbocycles. The highest BCUT2D eigenvalue weighted by Crippen LogP contribution is 2.37. The number of aromatic carboxylic acids is 1. The van der Waals surface area contributed by atoms with Crippen molar-refractivity contribution in [3.63, 3.8) is 0 Å². The van der Waals surface area contributed by atoms with Gasteiger partial charge in [-0.25, -0.2) is 14.6 Å². The fraction of sp³-hybridized carbons (Fsp3) is 0.400. The van der Waals surface area contributed by atoms with Crippen LogP contribution < -0.4 is 15.8 Å². The van der Waals surface area contributed by atoms with Gasteiger partial charge in [0.1, 0.15) is 12.0 Å². The number of carbonyl (C=O) groups is 1. The minimum absolute atomic E-state index is 0.131. The quantitative estimate of drug-likeness (QED) is 0.706. The van der Waals surface area contributed by atoms with Gasteiger partial charge in [0, 0.05) is 18.3 Å². The summed E-state index contributed by atoms with van der Waals surface area (Å²) in [6.07, 6.45) is 6.15. The van der Waals surface area contributed by atoms with E-state index in [2.05, 4.69) is 15.7 Å². The number of benzene rings is 1. The van der Waals surface area contributed by atoms with Crippen molar-refractivity contribution in [1.29, 1.82) is 0 Å². The van der Waals surface area contributed by atoms with Crippen molar-refractivity contribution in [1.82, 2.24) is 10.4 Å². The van der Waals surface area contributed by atoms with Crippen LogP contribution in [-0.2, 0) is 0 Å². The Kier molecular flexibility index (Phi) is 5.91. The lowest BCUT2D eigenvalue weighted by Crippen LogP contribution is -2.38. The Hall–Kier alpha value is -2.67. The number of carboxylic acids is 1. The van der Waals surface area contributed by atoms with E-state index in [0.29, 0.717) is 5.69 Å². The second kappa shape index (κ2) is 8.35. The number of anilines is 2. The molecule has 0 saturated heterocycles. The maximum Gasteiger partial charge on any atom is 0.337 e. The summed E-state index contributed by atoms with van der Waals surface area (Å²) in [7, 11) is 0. The van der Waals surface area contributed by atoms with Gasteiger partial charge in [0.15, 0.2) is 0 Å². The second-order valence-corrected chi connectivity index (χ2v) is 6.52. The zero-order valence-electron chi connectivity index (χ0n) is 15.6. The molecule has 3 N–H and O–H groups in total. The number of hydrazine groups is 1. The van der Waals surface area contributed by atoms with Gasteiger partial charge in [0.05, 0.1) is 23.1 Å². The second-order valence-electron chi connectivity index (χ2n) is 6.52. The normalized spacial score (nSPS) is 17.7. The third kappa shape index (κ3) is 4.36. The number of rotatable bonds is 6. The maximum atomic E-state index is 13.8. The molecule has 1 unspecified atom stereocenters. The van der Waals surface area contributed by atoms with Crippen LogP contribution in [0, 0.1) is 11.7 Å². The van der Waals surface area contributed by atoms with E-state index in [4.69, 9.17) is 0 Å². The summed E-state index contributed by atoms with van der Waals surface area (Å²) in [6.45, 7) is 4.83. The Morgan fingerprint density at radius 1 is 1.37 bits per heavy atom. The first kappa shape index (κ1) is 19.1. The highest BCUT2D eigenvalue weighted by atomic mass is 19.1. The molecule has 1 aromatic carbocycles. The molecule has 4 rings (SSSR count). The van der Waals surface area contributed by atoms with Gasteiger partial charge in [-0.1, -0.05) is 26.7 Å². The summed E-state index contributed by atoms with van der Waals surface area (Å²) in [5, 5.41) is 14.5. The lowest BCUT2D eigenvalue weighted by Gasteiger charge is -2.22. The molecule has 144 valence electrons. The van der Waals surface area contributed by atoms with E-state index in [9.17, 15) is 14.3 Å². The van der Waals surface area contributed by atoms with Crippen LogP contribution in [-0.4, -0.2) is 22.6 Å². The van der Waals surface area contributed by atoms with Gasteiger partial charge >= 0.3 is 5.97 Å². The summed E-state index contributed by atoms with van der Waals surface area (Å²) in [4.78, 5) is 15.4. The van der Waals surface area contributed by atoms with Gasteiger partial charge < -0.3 is 15.4 Å². The molecule has 1 atom stereocenters. The fourth-order valence-electron chi connectivity index (χ4n) is 3.16. The van der Waals surface area contributed by atoms with Gasteiger partial charge in [-0.2, -0.15) is 0 Å². The molecule has 1 fully saturated rings. The molecule has 1 aliphatic heterocycles. The average Bonchev–Trinajstić information content (AvgIpc) is 3.45. The van der Waals surface area contributed by atoms with Crippen molar-refractivity contribution in [3.8, 4) is 0 Å². The van der Waals surface area contributed by atoms with E-state index in [1.165, 1.54) is 43.4 Å². The Balaban J connectivity index is 0.00000102. The number of pyridine rings is 1. The van der Waals surface area contributed by atoms with Gasteiger partial charge in [0.2, 0.25) is 0 Å². The fourth-order valence-corrected chi connectivity index (χ4v) is 3.16. The van der Waals surface area contributed by atoms with Crippen LogP contribution in [0.3, 0.4) is 0 Å². The van der Waals surface area contributed by atoms with Crippen LogP contribution in [0.4, 0.5) is 15.8 Å². The Labute approximate surface area is 158 Å². The summed E-state index contributed by atoms with van der Waals surface area (Å²) >= 11 is 0. The predicted molar refractivity (Wildman–Crippen MR) is 103 cm³/mol. The first-order chi connectivity index (χ1) is 13.1. The molecule has 1 aromatic heterocycles. The predicted octanol–water partition coefficient (Wildman–Crippen LogP) is 4.18. The SMILES string of the molecule is CC.O=C(O)c1ccncc1NC1NN(CCC2CC2)c2ccc(F)cc21. The molecule has 0 amide bonds. The van der Waals surface area contributed by atoms with Crippen LogP contribution in [0.5, 0.6) is 0 Å². The zero-order valence-corrected chi connectivity index (χ0v) is 15.6. The molecular formula is C20H25FN4O2. The first-order valence-electron chi connectivity index (χ1n) is 9.39. The highest BCUT2D eigenvalue weighted by Gasteiger charge is 2.31. The minimum atomic E-state index is -1.03. The van der Waals surface area contributed by atoms with Crippen molar-refractivity contribution >= 4 is 17.3 Å². The summed E-state index contributed by atoms with van der Waals surface area (Å²) in [5.74, 6) is -0.566. The Morgan fingerprint density at radius 2 is 2.15 bits per heavy atom. The number of aromatic nitrogens is 1. The standard InChI is InChI=1S/C18H19FN4O2.C2H6/c19-12-3-4-16-14(9-12)17(22-23(16)8-6-11-1-2-11)21-15-10-20-7-5-13(15)18(24)25;1-2/h3-5,7,9-11,17,21-22H,1-2,6,8H2,(H,24,25);1-2H3. The molecule has 27 heavy (non-hydrogen) atoms. The van der Waals surface area contributed by atoms with Gasteiger partial charge in [0.25, 0.3) is 0 Å². The van der Waals surface area contributed by atoms with Crippen molar-refractivity contribution in [3.05, 3.63) is 53.6 Å². The number of halogens is 1. The lowest BCUT2D eigenvalue weighted by molar-refractivity contribution is 0.0697. The third-order valence-corrected chi connectivity index (χ3v) is 4.69. The Morgan fingerprint density at radius 3 is 2.85 bits per heavy atom. The molecule has 0 spiro atoms. The van der Waals surface area contributed by atoms with Gasteiger partial charge in [-0.3, -0.25) is 4.98 Å². The van der Waals surface area contributed by atoms with Crippen LogP contribution >= 0.6 is 0 Å². The van der Waals surface area contributed by atoms with E-state index in [0.717, 1.165) is 30.1 Å². The van der Waals surface area contributed by atoms with E-state index in [1.807, 2.05) is 18.9 Å². The first-order valence-corrected chi connectivity index (χ1v) is 9.39. The zero-order chi connectivity index (χ0) is 19.4. The van der Waals surface area contributed by atoms with E-state index < -0.39 is 12.1 Å². The van der Waals surface area contributed by atoms with Crippen LogP contribution in [0.2, 0.25) is 0 Å². The largest absolute Gasteiger partial charge is 0.478 e. The van der Waals surface area contributed by atoms with Crippen molar-refractivity contribution in [2.45, 2.75) is 39.3 Å². The molecular weight excluding hydrogens is 347 g/mol. The molecule has 6 nitrogen and oxygen atoms in total. The summed E-state index contributed by atoms with van der Waals surface area (Å²) in [5.41, 5.74) is 5.52. The smallest absolute Gasteiger partial charge is 0.337 e. The molecule has 1 aliphatic carbocycles. The monoisotopic (exact) mass is 372 g/mol. The molecule has 0 radical (unpaired) electrons. The molecule has 2 aliphatic rings. The number of nitrogens with one attached hydrogen (secondary N) is 2. The molecule has 2 aromatic rings. The number of hydrogen-bond acceptors (Lipinski definition) is 5. The average molecular weight is 372 g/mol. The van der Waals surface area contributed by atoms with Crippen molar-refractivity contribution in [2.75, 3.05) is 16.9 Å². The number of fused-ring (bicyclic) bond motifs is 1. The van der Waals surface area contributed by atoms with Crippen molar-refractivity contribution in [2.24, 2.45) is 5.92 Å². The number of hydrogen-bond donors (Lipinski definition) is 3. The van der Waals surface area contributed by atoms with Crippen LogP contribution in [0.1, 0.15) is 55.2 Å². The third-order valence-electron chi connectivity index (χ3n) is 4.69. The minimum Gasteiger partial charge on any atom is -0.478 e. The van der Waals surface area contributed by atoms with E-state index in [1.54, 1.807) is 6.07 Å². The highest BCUT2D eigenvalue weighted by molar-refractivity contribution is 5.94. The lowest BCUT2D eigenvalue weighted by atomic mass is 10.1. The van der Waals surface area contributed by atoms with Crippen LogP contribution in [0.15, 0.2) is 36.7 Å². The summed E-state index contributed by atoms with van der Waals surface area (Å²) < 4.78 is 13.8.